The van der Waals surface area contributed by atoms with Gasteiger partial charge in [-0.05, 0) is 31.2 Å². The molecule has 1 aromatic carbocycles. The molecular weight excluding hydrogens is 266 g/mol. The first-order chi connectivity index (χ1) is 9.19. The van der Waals surface area contributed by atoms with Crippen molar-refractivity contribution in [3.8, 4) is 5.75 Å². The van der Waals surface area contributed by atoms with Gasteiger partial charge in [-0.25, -0.2) is 0 Å². The summed E-state index contributed by atoms with van der Waals surface area (Å²) < 4.78 is 11.2. The number of nitrogens with zero attached hydrogens (tertiary/aromatic N) is 1. The molecule has 2 rings (SSSR count). The molecule has 1 aromatic rings. The fourth-order valence-corrected chi connectivity index (χ4v) is 2.23. The first-order valence-electron chi connectivity index (χ1n) is 6.54. The van der Waals surface area contributed by atoms with Crippen LogP contribution in [0.25, 0.3) is 0 Å². The van der Waals surface area contributed by atoms with E-state index in [0.29, 0.717) is 24.3 Å². The summed E-state index contributed by atoms with van der Waals surface area (Å²) in [6.45, 7) is 5.04. The van der Waals surface area contributed by atoms with E-state index in [1.54, 1.807) is 0 Å². The third-order valence-electron chi connectivity index (χ3n) is 3.30. The number of benzene rings is 1. The zero-order chi connectivity index (χ0) is 13.7. The number of halogens is 1. The predicted octanol–water partition coefficient (Wildman–Crippen LogP) is 1.80. The Labute approximate surface area is 118 Å². The summed E-state index contributed by atoms with van der Waals surface area (Å²) in [4.78, 5) is 2.28. The average Bonchev–Trinajstić information content (AvgIpc) is 2.43. The smallest absolute Gasteiger partial charge is 0.119 e. The molecule has 0 aliphatic carbocycles. The number of rotatable bonds is 5. The molecule has 2 unspecified atom stereocenters. The van der Waals surface area contributed by atoms with Gasteiger partial charge in [0.05, 0.1) is 19.3 Å². The van der Waals surface area contributed by atoms with Crippen LogP contribution in [0.2, 0.25) is 5.02 Å². The SMILES string of the molecule is CC1COC(CO)CN1CCOc1ccc(Cl)cc1. The number of aliphatic hydroxyl groups excluding tert-OH is 1. The lowest BCUT2D eigenvalue weighted by atomic mass is 10.2. The molecule has 4 nitrogen and oxygen atoms in total. The first-order valence-corrected chi connectivity index (χ1v) is 6.91. The minimum absolute atomic E-state index is 0.0707. The van der Waals surface area contributed by atoms with Gasteiger partial charge in [-0.1, -0.05) is 11.6 Å². The normalized spacial score (nSPS) is 24.4. The second kappa shape index (κ2) is 7.10. The Morgan fingerprint density at radius 3 is 2.84 bits per heavy atom. The highest BCUT2D eigenvalue weighted by molar-refractivity contribution is 6.30. The van der Waals surface area contributed by atoms with Crippen molar-refractivity contribution in [3.63, 3.8) is 0 Å². The quantitative estimate of drug-likeness (QED) is 0.896. The highest BCUT2D eigenvalue weighted by Gasteiger charge is 2.25. The summed E-state index contributed by atoms with van der Waals surface area (Å²) in [7, 11) is 0. The highest BCUT2D eigenvalue weighted by Crippen LogP contribution is 2.16. The van der Waals surface area contributed by atoms with E-state index in [1.807, 2.05) is 24.3 Å². The molecular formula is C14H20ClNO3. The fraction of sp³-hybridized carbons (Fsp3) is 0.571. The maximum Gasteiger partial charge on any atom is 0.119 e. The van der Waals surface area contributed by atoms with Gasteiger partial charge in [0, 0.05) is 24.2 Å². The maximum absolute atomic E-state index is 9.13. The Hall–Kier alpha value is -0.810. The van der Waals surface area contributed by atoms with Crippen molar-refractivity contribution in [1.82, 2.24) is 4.90 Å². The Morgan fingerprint density at radius 2 is 2.16 bits per heavy atom. The van der Waals surface area contributed by atoms with E-state index in [-0.39, 0.29) is 12.7 Å². The lowest BCUT2D eigenvalue weighted by molar-refractivity contribution is -0.0798. The zero-order valence-corrected chi connectivity index (χ0v) is 11.8. The third-order valence-corrected chi connectivity index (χ3v) is 3.55. The Bertz CT molecular complexity index is 385. The van der Waals surface area contributed by atoms with Crippen molar-refractivity contribution in [2.75, 3.05) is 32.9 Å². The molecule has 1 aliphatic rings. The van der Waals surface area contributed by atoms with Crippen LogP contribution in [-0.4, -0.2) is 55.1 Å². The van der Waals surface area contributed by atoms with E-state index >= 15 is 0 Å². The molecule has 1 aliphatic heterocycles. The Kier molecular flexibility index (Phi) is 5.45. The molecule has 1 saturated heterocycles. The number of ether oxygens (including phenoxy) is 2. The fourth-order valence-electron chi connectivity index (χ4n) is 2.11. The van der Waals surface area contributed by atoms with Crippen molar-refractivity contribution >= 4 is 11.6 Å². The maximum atomic E-state index is 9.13. The molecule has 0 spiro atoms. The molecule has 5 heteroatoms. The van der Waals surface area contributed by atoms with E-state index in [0.717, 1.165) is 18.8 Å². The summed E-state index contributed by atoms with van der Waals surface area (Å²) in [5, 5.41) is 9.84. The largest absolute Gasteiger partial charge is 0.492 e. The van der Waals surface area contributed by atoms with E-state index in [2.05, 4.69) is 11.8 Å². The Morgan fingerprint density at radius 1 is 1.42 bits per heavy atom. The number of aliphatic hydroxyl groups is 1. The lowest BCUT2D eigenvalue weighted by Gasteiger charge is -2.37. The van der Waals surface area contributed by atoms with Crippen molar-refractivity contribution in [3.05, 3.63) is 29.3 Å². The Balaban J connectivity index is 1.76. The molecule has 106 valence electrons. The van der Waals surface area contributed by atoms with Crippen molar-refractivity contribution in [2.45, 2.75) is 19.1 Å². The van der Waals surface area contributed by atoms with Crippen molar-refractivity contribution in [1.29, 1.82) is 0 Å². The molecule has 0 saturated carbocycles. The van der Waals surface area contributed by atoms with Gasteiger partial charge in [-0.15, -0.1) is 0 Å². The van der Waals surface area contributed by atoms with E-state index in [1.165, 1.54) is 0 Å². The second-order valence-corrected chi connectivity index (χ2v) is 5.22. The van der Waals surface area contributed by atoms with Crippen LogP contribution in [0.4, 0.5) is 0 Å². The van der Waals surface area contributed by atoms with E-state index < -0.39 is 0 Å². The van der Waals surface area contributed by atoms with Crippen LogP contribution in [-0.2, 0) is 4.74 Å². The van der Waals surface area contributed by atoms with Crippen LogP contribution in [0, 0.1) is 0 Å². The molecule has 0 amide bonds. The van der Waals surface area contributed by atoms with Crippen LogP contribution < -0.4 is 4.74 Å². The average molecular weight is 286 g/mol. The summed E-state index contributed by atoms with van der Waals surface area (Å²) >= 11 is 5.82. The lowest BCUT2D eigenvalue weighted by Crippen LogP contribution is -2.50. The van der Waals surface area contributed by atoms with E-state index in [4.69, 9.17) is 26.2 Å². The van der Waals surface area contributed by atoms with Gasteiger partial charge >= 0.3 is 0 Å². The van der Waals surface area contributed by atoms with Crippen LogP contribution in [0.1, 0.15) is 6.92 Å². The third kappa shape index (κ3) is 4.35. The molecule has 0 radical (unpaired) electrons. The van der Waals surface area contributed by atoms with Gasteiger partial charge in [0.25, 0.3) is 0 Å². The molecule has 1 N–H and O–H groups in total. The molecule has 1 heterocycles. The molecule has 0 bridgehead atoms. The van der Waals surface area contributed by atoms with Crippen LogP contribution >= 0.6 is 11.6 Å². The standard InChI is InChI=1S/C14H20ClNO3/c1-11-10-19-14(9-17)8-16(11)6-7-18-13-4-2-12(15)3-5-13/h2-5,11,14,17H,6-10H2,1H3. The van der Waals surface area contributed by atoms with Crippen LogP contribution in [0.5, 0.6) is 5.75 Å². The highest BCUT2D eigenvalue weighted by atomic mass is 35.5. The summed E-state index contributed by atoms with van der Waals surface area (Å²) in [6.07, 6.45) is -0.0771. The van der Waals surface area contributed by atoms with Crippen molar-refractivity contribution in [2.24, 2.45) is 0 Å². The number of morpholine rings is 1. The van der Waals surface area contributed by atoms with Gasteiger partial charge in [-0.2, -0.15) is 0 Å². The number of hydrogen-bond acceptors (Lipinski definition) is 4. The molecule has 2 atom stereocenters. The molecule has 19 heavy (non-hydrogen) atoms. The van der Waals surface area contributed by atoms with Gasteiger partial charge in [0.2, 0.25) is 0 Å². The molecule has 0 aromatic heterocycles. The summed E-state index contributed by atoms with van der Waals surface area (Å²) in [5.41, 5.74) is 0. The minimum Gasteiger partial charge on any atom is -0.492 e. The van der Waals surface area contributed by atoms with Crippen LogP contribution in [0.15, 0.2) is 24.3 Å². The van der Waals surface area contributed by atoms with Gasteiger partial charge < -0.3 is 14.6 Å². The first kappa shape index (κ1) is 14.6. The van der Waals surface area contributed by atoms with Gasteiger partial charge in [0.15, 0.2) is 0 Å². The predicted molar refractivity (Wildman–Crippen MR) is 74.8 cm³/mol. The topological polar surface area (TPSA) is 41.9 Å². The second-order valence-electron chi connectivity index (χ2n) is 4.78. The monoisotopic (exact) mass is 285 g/mol. The van der Waals surface area contributed by atoms with Crippen LogP contribution in [0.3, 0.4) is 0 Å². The van der Waals surface area contributed by atoms with E-state index in [9.17, 15) is 0 Å². The summed E-state index contributed by atoms with van der Waals surface area (Å²) in [5.74, 6) is 0.823. The number of hydrogen-bond donors (Lipinski definition) is 1. The zero-order valence-electron chi connectivity index (χ0n) is 11.1. The van der Waals surface area contributed by atoms with Gasteiger partial charge in [0.1, 0.15) is 12.4 Å². The molecule has 1 fully saturated rings. The van der Waals surface area contributed by atoms with Gasteiger partial charge in [-0.3, -0.25) is 4.90 Å². The summed E-state index contributed by atoms with van der Waals surface area (Å²) in [6, 6.07) is 7.71. The minimum atomic E-state index is -0.0771. The van der Waals surface area contributed by atoms with Crippen molar-refractivity contribution < 1.29 is 14.6 Å².